The van der Waals surface area contributed by atoms with Crippen molar-refractivity contribution in [1.82, 2.24) is 0 Å². The van der Waals surface area contributed by atoms with Gasteiger partial charge in [0, 0.05) is 4.47 Å². The number of carbonyl (C=O) groups excluding carboxylic acids is 1. The maximum atomic E-state index is 12.0. The largest absolute Gasteiger partial charge is 0.495 e. The minimum absolute atomic E-state index is 0.0341. The molecule has 0 aliphatic carbocycles. The van der Waals surface area contributed by atoms with Crippen LogP contribution in [-0.4, -0.2) is 13.0 Å². The summed E-state index contributed by atoms with van der Waals surface area (Å²) in [4.78, 5) is 12.0. The Bertz CT molecular complexity index is 480. The van der Waals surface area contributed by atoms with Gasteiger partial charge in [-0.1, -0.05) is 29.8 Å². The van der Waals surface area contributed by atoms with Crippen LogP contribution in [0.15, 0.2) is 22.7 Å². The van der Waals surface area contributed by atoms with E-state index in [1.165, 1.54) is 7.11 Å². The summed E-state index contributed by atoms with van der Waals surface area (Å²) in [7, 11) is 1.53. The number of ether oxygens (including phenoxy) is 1. The molecule has 5 heteroatoms. The Morgan fingerprint density at radius 1 is 1.50 bits per heavy atom. The fourth-order valence-corrected chi connectivity index (χ4v) is 1.86. The van der Waals surface area contributed by atoms with Gasteiger partial charge in [0.2, 0.25) is 5.91 Å². The first-order valence-electron chi connectivity index (χ1n) is 5.53. The van der Waals surface area contributed by atoms with E-state index < -0.39 is 5.92 Å². The monoisotopic (exact) mass is 310 g/mol. The molecule has 0 saturated carbocycles. The summed E-state index contributed by atoms with van der Waals surface area (Å²) >= 11 is 3.33. The Kier molecular flexibility index (Phi) is 5.17. The number of benzene rings is 1. The third-order valence-corrected chi connectivity index (χ3v) is 3.00. The smallest absolute Gasteiger partial charge is 0.242 e. The average molecular weight is 311 g/mol. The first-order valence-corrected chi connectivity index (χ1v) is 6.33. The number of amides is 1. The number of methoxy groups -OCH3 is 1. The second-order valence-electron chi connectivity index (χ2n) is 4.18. The predicted octanol–water partition coefficient (Wildman–Crippen LogP) is 3.19. The van der Waals surface area contributed by atoms with Gasteiger partial charge in [0.1, 0.15) is 11.7 Å². The van der Waals surface area contributed by atoms with Gasteiger partial charge in [-0.3, -0.25) is 4.79 Å². The van der Waals surface area contributed by atoms with Crippen molar-refractivity contribution in [2.45, 2.75) is 13.8 Å². The zero-order chi connectivity index (χ0) is 13.7. The van der Waals surface area contributed by atoms with E-state index in [0.29, 0.717) is 11.4 Å². The SMILES string of the molecule is COc1ccc(Br)cc1NC(=O)C(C#N)C(C)C. The van der Waals surface area contributed by atoms with Crippen LogP contribution in [0.25, 0.3) is 0 Å². The van der Waals surface area contributed by atoms with Crippen LogP contribution in [0.5, 0.6) is 5.75 Å². The molecular formula is C13H15BrN2O2. The molecule has 4 nitrogen and oxygen atoms in total. The number of nitrogens with one attached hydrogen (secondary N) is 1. The fourth-order valence-electron chi connectivity index (χ4n) is 1.50. The lowest BCUT2D eigenvalue weighted by molar-refractivity contribution is -0.119. The van der Waals surface area contributed by atoms with Crippen molar-refractivity contribution in [1.29, 1.82) is 5.26 Å². The van der Waals surface area contributed by atoms with Crippen LogP contribution in [0.1, 0.15) is 13.8 Å². The summed E-state index contributed by atoms with van der Waals surface area (Å²) in [5.41, 5.74) is 0.553. The zero-order valence-electron chi connectivity index (χ0n) is 10.5. The number of hydrogen-bond donors (Lipinski definition) is 1. The molecule has 0 heterocycles. The molecule has 18 heavy (non-hydrogen) atoms. The topological polar surface area (TPSA) is 62.1 Å². The van der Waals surface area contributed by atoms with E-state index in [-0.39, 0.29) is 11.8 Å². The van der Waals surface area contributed by atoms with Crippen LogP contribution in [0, 0.1) is 23.2 Å². The molecule has 0 saturated heterocycles. The molecule has 96 valence electrons. The molecular weight excluding hydrogens is 296 g/mol. The first-order chi connectivity index (χ1) is 8.49. The lowest BCUT2D eigenvalue weighted by Crippen LogP contribution is -2.25. The number of nitrogens with zero attached hydrogens (tertiary/aromatic N) is 1. The summed E-state index contributed by atoms with van der Waals surface area (Å²) < 4.78 is 5.99. The van der Waals surface area contributed by atoms with Crippen molar-refractivity contribution in [2.24, 2.45) is 11.8 Å². The van der Waals surface area contributed by atoms with E-state index >= 15 is 0 Å². The van der Waals surface area contributed by atoms with E-state index in [1.807, 2.05) is 26.0 Å². The summed E-state index contributed by atoms with van der Waals surface area (Å²) in [5.74, 6) is -0.460. The highest BCUT2D eigenvalue weighted by molar-refractivity contribution is 9.10. The van der Waals surface area contributed by atoms with Gasteiger partial charge >= 0.3 is 0 Å². The van der Waals surface area contributed by atoms with Crippen LogP contribution in [-0.2, 0) is 4.79 Å². The zero-order valence-corrected chi connectivity index (χ0v) is 12.1. The van der Waals surface area contributed by atoms with Crippen molar-refractivity contribution in [3.63, 3.8) is 0 Å². The molecule has 1 aromatic rings. The summed E-state index contributed by atoms with van der Waals surface area (Å²) in [6.45, 7) is 3.68. The molecule has 0 aliphatic heterocycles. The van der Waals surface area contributed by atoms with Crippen molar-refractivity contribution < 1.29 is 9.53 Å². The number of halogens is 1. The van der Waals surface area contributed by atoms with Crippen LogP contribution >= 0.6 is 15.9 Å². The lowest BCUT2D eigenvalue weighted by atomic mass is 9.96. The highest BCUT2D eigenvalue weighted by Gasteiger charge is 2.22. The molecule has 0 fully saturated rings. The van der Waals surface area contributed by atoms with Gasteiger partial charge in [-0.05, 0) is 24.1 Å². The van der Waals surface area contributed by atoms with Crippen molar-refractivity contribution in [3.05, 3.63) is 22.7 Å². The number of anilines is 1. The molecule has 0 bridgehead atoms. The summed E-state index contributed by atoms with van der Waals surface area (Å²) in [5, 5.41) is 11.7. The Labute approximate surface area is 115 Å². The molecule has 1 atom stereocenters. The number of rotatable bonds is 4. The maximum absolute atomic E-state index is 12.0. The van der Waals surface area contributed by atoms with Gasteiger partial charge in [-0.2, -0.15) is 5.26 Å². The third kappa shape index (κ3) is 3.47. The lowest BCUT2D eigenvalue weighted by Gasteiger charge is -2.15. The molecule has 1 N–H and O–H groups in total. The number of carbonyl (C=O) groups is 1. The van der Waals surface area contributed by atoms with E-state index in [4.69, 9.17) is 10.00 Å². The Hall–Kier alpha value is -1.54. The van der Waals surface area contributed by atoms with Crippen molar-refractivity contribution >= 4 is 27.5 Å². The summed E-state index contributed by atoms with van der Waals surface area (Å²) in [6, 6.07) is 7.32. The van der Waals surface area contributed by atoms with Gasteiger partial charge < -0.3 is 10.1 Å². The minimum atomic E-state index is -0.673. The normalized spacial score (nSPS) is 11.8. The third-order valence-electron chi connectivity index (χ3n) is 2.51. The van der Waals surface area contributed by atoms with Crippen molar-refractivity contribution in [3.8, 4) is 11.8 Å². The molecule has 1 unspecified atom stereocenters. The van der Waals surface area contributed by atoms with Crippen LogP contribution in [0.4, 0.5) is 5.69 Å². The first kappa shape index (κ1) is 14.5. The minimum Gasteiger partial charge on any atom is -0.495 e. The average Bonchev–Trinajstić information content (AvgIpc) is 2.29. The number of nitriles is 1. The van der Waals surface area contributed by atoms with Crippen LogP contribution in [0.2, 0.25) is 0 Å². The Balaban J connectivity index is 2.94. The Morgan fingerprint density at radius 3 is 2.67 bits per heavy atom. The number of hydrogen-bond acceptors (Lipinski definition) is 3. The van der Waals surface area contributed by atoms with E-state index in [0.717, 1.165) is 4.47 Å². The standard InChI is InChI=1S/C13H15BrN2O2/c1-8(2)10(7-15)13(17)16-11-6-9(14)4-5-12(11)18-3/h4-6,8,10H,1-3H3,(H,16,17). The molecule has 0 radical (unpaired) electrons. The molecule has 1 aromatic carbocycles. The molecule has 1 amide bonds. The van der Waals surface area contributed by atoms with Gasteiger partial charge in [0.15, 0.2) is 0 Å². The van der Waals surface area contributed by atoms with Crippen molar-refractivity contribution in [2.75, 3.05) is 12.4 Å². The molecule has 0 aliphatic rings. The van der Waals surface area contributed by atoms with E-state index in [1.54, 1.807) is 12.1 Å². The molecule has 0 spiro atoms. The van der Waals surface area contributed by atoms with Gasteiger partial charge in [0.25, 0.3) is 0 Å². The predicted molar refractivity (Wildman–Crippen MR) is 73.3 cm³/mol. The van der Waals surface area contributed by atoms with Gasteiger partial charge in [-0.15, -0.1) is 0 Å². The quantitative estimate of drug-likeness (QED) is 0.929. The van der Waals surface area contributed by atoms with Crippen LogP contribution < -0.4 is 10.1 Å². The highest BCUT2D eigenvalue weighted by Crippen LogP contribution is 2.28. The van der Waals surface area contributed by atoms with E-state index in [9.17, 15) is 4.79 Å². The second kappa shape index (κ2) is 6.41. The fraction of sp³-hybridized carbons (Fsp3) is 0.385. The Morgan fingerprint density at radius 2 is 2.17 bits per heavy atom. The van der Waals surface area contributed by atoms with Gasteiger partial charge in [0.05, 0.1) is 18.9 Å². The highest BCUT2D eigenvalue weighted by atomic mass is 79.9. The summed E-state index contributed by atoms with van der Waals surface area (Å²) in [6.07, 6.45) is 0. The van der Waals surface area contributed by atoms with E-state index in [2.05, 4.69) is 21.2 Å². The maximum Gasteiger partial charge on any atom is 0.242 e. The second-order valence-corrected chi connectivity index (χ2v) is 5.10. The van der Waals surface area contributed by atoms with Crippen LogP contribution in [0.3, 0.4) is 0 Å². The molecule has 1 rings (SSSR count). The van der Waals surface area contributed by atoms with Gasteiger partial charge in [-0.25, -0.2) is 0 Å². The molecule has 0 aromatic heterocycles.